The maximum Gasteiger partial charge on any atom is 0.310 e. The molecule has 94 valence electrons. The summed E-state index contributed by atoms with van der Waals surface area (Å²) in [4.78, 5) is 11.4. The Balaban J connectivity index is 2.19. The van der Waals surface area contributed by atoms with E-state index < -0.39 is 0 Å². The van der Waals surface area contributed by atoms with E-state index in [1.807, 2.05) is 13.8 Å². The monoisotopic (exact) mass is 228 g/mol. The quantitative estimate of drug-likeness (QED) is 0.536. The maximum absolute atomic E-state index is 11.4. The highest BCUT2D eigenvalue weighted by atomic mass is 16.5. The molecule has 1 unspecified atom stereocenters. The van der Waals surface area contributed by atoms with Crippen LogP contribution in [0.5, 0.6) is 0 Å². The Kier molecular flexibility index (Phi) is 6.46. The summed E-state index contributed by atoms with van der Waals surface area (Å²) in [6.07, 6.45) is 7.84. The Hall–Kier alpha value is -0.570. The highest BCUT2D eigenvalue weighted by Gasteiger charge is 2.18. The summed E-state index contributed by atoms with van der Waals surface area (Å²) in [6.45, 7) is 4.65. The minimum atomic E-state index is -0.142. The molecule has 0 aromatic rings. The van der Waals surface area contributed by atoms with Crippen LogP contribution in [-0.2, 0) is 14.3 Å². The molecule has 1 saturated carbocycles. The third-order valence-electron chi connectivity index (χ3n) is 3.07. The van der Waals surface area contributed by atoms with E-state index in [1.165, 1.54) is 25.7 Å². The van der Waals surface area contributed by atoms with Crippen LogP contribution in [0.15, 0.2) is 0 Å². The van der Waals surface area contributed by atoms with Crippen molar-refractivity contribution in [3.63, 3.8) is 0 Å². The van der Waals surface area contributed by atoms with Crippen LogP contribution >= 0.6 is 0 Å². The van der Waals surface area contributed by atoms with Gasteiger partial charge in [0.25, 0.3) is 0 Å². The van der Waals surface area contributed by atoms with E-state index in [-0.39, 0.29) is 11.9 Å². The second kappa shape index (κ2) is 7.66. The first-order valence-electron chi connectivity index (χ1n) is 6.52. The van der Waals surface area contributed by atoms with Crippen LogP contribution < -0.4 is 0 Å². The van der Waals surface area contributed by atoms with Crippen molar-refractivity contribution in [1.29, 1.82) is 0 Å². The van der Waals surface area contributed by atoms with Gasteiger partial charge in [0.2, 0.25) is 0 Å². The smallest absolute Gasteiger partial charge is 0.310 e. The molecule has 3 heteroatoms. The number of rotatable bonds is 5. The molecule has 0 radical (unpaired) electrons. The number of carbonyl (C=O) groups is 1. The predicted molar refractivity (Wildman–Crippen MR) is 63.2 cm³/mol. The lowest BCUT2D eigenvalue weighted by atomic mass is 10.1. The molecule has 3 nitrogen and oxygen atoms in total. The minimum Gasteiger partial charge on any atom is -0.466 e. The molecule has 0 aromatic heterocycles. The SMILES string of the molecule is CCOC(=O)C(C)COC1CCCCCC1. The van der Waals surface area contributed by atoms with Crippen LogP contribution in [0.1, 0.15) is 52.4 Å². The largest absolute Gasteiger partial charge is 0.466 e. The summed E-state index contributed by atoms with van der Waals surface area (Å²) >= 11 is 0. The van der Waals surface area contributed by atoms with Crippen molar-refractivity contribution in [2.45, 2.75) is 58.5 Å². The normalized spacial score (nSPS) is 20.1. The van der Waals surface area contributed by atoms with Gasteiger partial charge in [0, 0.05) is 0 Å². The molecule has 0 heterocycles. The Morgan fingerprint density at radius 3 is 2.44 bits per heavy atom. The molecular weight excluding hydrogens is 204 g/mol. The first-order chi connectivity index (χ1) is 7.74. The average molecular weight is 228 g/mol. The number of hydrogen-bond donors (Lipinski definition) is 0. The zero-order valence-corrected chi connectivity index (χ0v) is 10.5. The molecule has 1 aliphatic rings. The third kappa shape index (κ3) is 4.97. The van der Waals surface area contributed by atoms with E-state index in [2.05, 4.69) is 0 Å². The molecule has 0 spiro atoms. The van der Waals surface area contributed by atoms with Crippen LogP contribution in [0.2, 0.25) is 0 Å². The first kappa shape index (κ1) is 13.5. The summed E-state index contributed by atoms with van der Waals surface area (Å²) in [5, 5.41) is 0. The molecule has 1 aliphatic carbocycles. The van der Waals surface area contributed by atoms with Gasteiger partial charge in [0.1, 0.15) is 0 Å². The van der Waals surface area contributed by atoms with Crippen molar-refractivity contribution in [3.8, 4) is 0 Å². The fourth-order valence-corrected chi connectivity index (χ4v) is 2.04. The lowest BCUT2D eigenvalue weighted by Crippen LogP contribution is -2.23. The topological polar surface area (TPSA) is 35.5 Å². The van der Waals surface area contributed by atoms with Crippen LogP contribution in [0, 0.1) is 5.92 Å². The van der Waals surface area contributed by atoms with Crippen LogP contribution in [-0.4, -0.2) is 25.3 Å². The molecule has 0 bridgehead atoms. The number of ether oxygens (including phenoxy) is 2. The van der Waals surface area contributed by atoms with E-state index in [9.17, 15) is 4.79 Å². The predicted octanol–water partition coefficient (Wildman–Crippen LogP) is 2.93. The second-order valence-electron chi connectivity index (χ2n) is 4.60. The molecule has 0 amide bonds. The van der Waals surface area contributed by atoms with Gasteiger partial charge in [-0.15, -0.1) is 0 Å². The van der Waals surface area contributed by atoms with E-state index in [0.717, 1.165) is 12.8 Å². The van der Waals surface area contributed by atoms with E-state index in [4.69, 9.17) is 9.47 Å². The fraction of sp³-hybridized carbons (Fsp3) is 0.923. The zero-order chi connectivity index (χ0) is 11.8. The van der Waals surface area contributed by atoms with Crippen LogP contribution in [0.25, 0.3) is 0 Å². The molecule has 1 fully saturated rings. The van der Waals surface area contributed by atoms with Crippen molar-refractivity contribution in [2.24, 2.45) is 5.92 Å². The van der Waals surface area contributed by atoms with Crippen molar-refractivity contribution in [1.82, 2.24) is 0 Å². The van der Waals surface area contributed by atoms with Crippen molar-refractivity contribution in [3.05, 3.63) is 0 Å². The highest BCUT2D eigenvalue weighted by molar-refractivity contribution is 5.72. The summed E-state index contributed by atoms with van der Waals surface area (Å²) in [5.74, 6) is -0.278. The zero-order valence-electron chi connectivity index (χ0n) is 10.5. The van der Waals surface area contributed by atoms with Crippen molar-refractivity contribution < 1.29 is 14.3 Å². The van der Waals surface area contributed by atoms with Gasteiger partial charge in [-0.2, -0.15) is 0 Å². The summed E-state index contributed by atoms with van der Waals surface area (Å²) in [6, 6.07) is 0. The van der Waals surface area contributed by atoms with Crippen LogP contribution in [0.4, 0.5) is 0 Å². The molecule has 16 heavy (non-hydrogen) atoms. The molecule has 0 aliphatic heterocycles. The van der Waals surface area contributed by atoms with Crippen molar-refractivity contribution in [2.75, 3.05) is 13.2 Å². The number of carbonyl (C=O) groups excluding carboxylic acids is 1. The molecule has 1 atom stereocenters. The minimum absolute atomic E-state index is 0.136. The summed E-state index contributed by atoms with van der Waals surface area (Å²) in [7, 11) is 0. The first-order valence-corrected chi connectivity index (χ1v) is 6.52. The van der Waals surface area contributed by atoms with Gasteiger partial charge >= 0.3 is 5.97 Å². The Labute approximate surface area is 98.5 Å². The summed E-state index contributed by atoms with van der Waals surface area (Å²) < 4.78 is 10.7. The van der Waals surface area contributed by atoms with E-state index in [1.54, 1.807) is 0 Å². The van der Waals surface area contributed by atoms with Gasteiger partial charge in [0.15, 0.2) is 0 Å². The van der Waals surface area contributed by atoms with Gasteiger partial charge in [-0.25, -0.2) is 0 Å². The van der Waals surface area contributed by atoms with Crippen molar-refractivity contribution >= 4 is 5.97 Å². The van der Waals surface area contributed by atoms with Gasteiger partial charge in [-0.05, 0) is 26.7 Å². The van der Waals surface area contributed by atoms with E-state index in [0.29, 0.717) is 19.3 Å². The lowest BCUT2D eigenvalue weighted by molar-refractivity contribution is -0.150. The van der Waals surface area contributed by atoms with Gasteiger partial charge in [-0.3, -0.25) is 4.79 Å². The average Bonchev–Trinajstić information content (AvgIpc) is 2.54. The second-order valence-corrected chi connectivity index (χ2v) is 4.60. The number of hydrogen-bond acceptors (Lipinski definition) is 3. The van der Waals surface area contributed by atoms with Gasteiger partial charge in [0.05, 0.1) is 25.2 Å². The summed E-state index contributed by atoms with van der Waals surface area (Å²) in [5.41, 5.74) is 0. The Morgan fingerprint density at radius 2 is 1.88 bits per heavy atom. The Morgan fingerprint density at radius 1 is 1.25 bits per heavy atom. The maximum atomic E-state index is 11.4. The molecular formula is C13H24O3. The highest BCUT2D eigenvalue weighted by Crippen LogP contribution is 2.20. The van der Waals surface area contributed by atoms with Gasteiger partial charge in [-0.1, -0.05) is 25.7 Å². The Bertz CT molecular complexity index is 195. The lowest BCUT2D eigenvalue weighted by Gasteiger charge is -2.18. The van der Waals surface area contributed by atoms with Gasteiger partial charge < -0.3 is 9.47 Å². The number of esters is 1. The molecule has 0 N–H and O–H groups in total. The fourth-order valence-electron chi connectivity index (χ4n) is 2.04. The standard InChI is InChI=1S/C13H24O3/c1-3-15-13(14)11(2)10-16-12-8-6-4-5-7-9-12/h11-12H,3-10H2,1-2H3. The molecule has 0 saturated heterocycles. The van der Waals surface area contributed by atoms with Crippen LogP contribution in [0.3, 0.4) is 0 Å². The molecule has 1 rings (SSSR count). The molecule has 0 aromatic carbocycles. The third-order valence-corrected chi connectivity index (χ3v) is 3.07. The van der Waals surface area contributed by atoms with E-state index >= 15 is 0 Å².